The lowest BCUT2D eigenvalue weighted by Gasteiger charge is -2.15. The smallest absolute Gasteiger partial charge is 0.352 e. The lowest BCUT2D eigenvalue weighted by atomic mass is 9.99. The number of anilines is 2. The molecule has 0 aliphatic rings. The molecule has 44 heavy (non-hydrogen) atoms. The lowest BCUT2D eigenvalue weighted by Crippen LogP contribution is -2.24. The fraction of sp³-hybridized carbons (Fsp3) is 0.258. The molecule has 0 saturated heterocycles. The highest BCUT2D eigenvalue weighted by Gasteiger charge is 2.30. The topological polar surface area (TPSA) is 127 Å². The van der Waals surface area contributed by atoms with E-state index in [2.05, 4.69) is 22.5 Å². The Morgan fingerprint density at radius 3 is 2.27 bits per heavy atom. The van der Waals surface area contributed by atoms with Gasteiger partial charge in [-0.1, -0.05) is 19.6 Å². The van der Waals surface area contributed by atoms with Crippen LogP contribution >= 0.6 is 0 Å². The third-order valence-electron chi connectivity index (χ3n) is 7.11. The number of benzene rings is 2. The van der Waals surface area contributed by atoms with E-state index >= 15 is 0 Å². The Labute approximate surface area is 250 Å². The minimum absolute atomic E-state index is 0.181. The van der Waals surface area contributed by atoms with E-state index in [1.165, 1.54) is 10.5 Å². The summed E-state index contributed by atoms with van der Waals surface area (Å²) in [6.07, 6.45) is -3.12. The van der Waals surface area contributed by atoms with Crippen molar-refractivity contribution in [3.63, 3.8) is 0 Å². The molecule has 0 unspecified atom stereocenters. The molecule has 4 rings (SSSR count). The summed E-state index contributed by atoms with van der Waals surface area (Å²) in [6.45, 7) is 10.6. The zero-order valence-electron chi connectivity index (χ0n) is 24.6. The summed E-state index contributed by atoms with van der Waals surface area (Å²) >= 11 is 0. The minimum atomic E-state index is -4.50. The predicted octanol–water partition coefficient (Wildman–Crippen LogP) is 4.87. The van der Waals surface area contributed by atoms with Gasteiger partial charge in [-0.25, -0.2) is 9.38 Å². The number of carbonyl (C=O) groups is 3. The normalized spacial score (nSPS) is 11.3. The number of rotatable bonds is 9. The molecular weight excluding hydrogens is 577 g/mol. The number of aryl methyl sites for hydroxylation is 2. The van der Waals surface area contributed by atoms with E-state index in [0.717, 1.165) is 30.3 Å². The van der Waals surface area contributed by atoms with Crippen LogP contribution in [0.1, 0.15) is 46.9 Å². The van der Waals surface area contributed by atoms with E-state index in [4.69, 9.17) is 4.98 Å². The number of nitrogens with zero attached hydrogens (tertiary/aromatic N) is 3. The molecule has 0 aliphatic carbocycles. The number of amides is 3. The van der Waals surface area contributed by atoms with E-state index in [1.807, 2.05) is 0 Å². The number of alkyl halides is 3. The van der Waals surface area contributed by atoms with Crippen LogP contribution in [-0.4, -0.2) is 38.2 Å². The van der Waals surface area contributed by atoms with E-state index in [1.54, 1.807) is 44.4 Å². The zero-order chi connectivity index (χ0) is 32.3. The van der Waals surface area contributed by atoms with Crippen molar-refractivity contribution < 1.29 is 27.6 Å². The highest BCUT2D eigenvalue weighted by Crippen LogP contribution is 2.31. The molecule has 0 saturated carbocycles. The number of carbonyl (C=O) groups excluding carboxylic acids is 3. The molecule has 0 fully saturated rings. The van der Waals surface area contributed by atoms with Crippen molar-refractivity contribution in [2.75, 3.05) is 17.2 Å². The third-order valence-corrected chi connectivity index (χ3v) is 7.11. The van der Waals surface area contributed by atoms with Crippen LogP contribution in [0.2, 0.25) is 0 Å². The Morgan fingerprint density at radius 1 is 1.00 bits per heavy atom. The maximum Gasteiger partial charge on any atom is 0.416 e. The Bertz CT molecular complexity index is 1840. The first-order valence-corrected chi connectivity index (χ1v) is 13.7. The average molecular weight is 609 g/mol. The van der Waals surface area contributed by atoms with Gasteiger partial charge in [-0.3, -0.25) is 19.2 Å². The summed E-state index contributed by atoms with van der Waals surface area (Å²) in [5.41, 5.74) is 1.42. The van der Waals surface area contributed by atoms with Crippen molar-refractivity contribution >= 4 is 34.9 Å². The molecule has 4 aromatic rings. The molecule has 0 aliphatic heterocycles. The van der Waals surface area contributed by atoms with Gasteiger partial charge in [0.05, 0.1) is 16.8 Å². The summed E-state index contributed by atoms with van der Waals surface area (Å²) in [4.78, 5) is 56.6. The number of imidazole rings is 1. The molecular formula is C31H31F3N6O4. The Kier molecular flexibility index (Phi) is 9.07. The molecule has 0 atom stereocenters. The number of halogens is 3. The summed E-state index contributed by atoms with van der Waals surface area (Å²) in [5.74, 6) is -1.23. The van der Waals surface area contributed by atoms with E-state index in [0.29, 0.717) is 35.6 Å². The Balaban J connectivity index is 1.79. The van der Waals surface area contributed by atoms with Crippen molar-refractivity contribution in [2.45, 2.75) is 46.8 Å². The fourth-order valence-corrected chi connectivity index (χ4v) is 4.80. The monoisotopic (exact) mass is 608 g/mol. The van der Waals surface area contributed by atoms with Crippen LogP contribution in [0.25, 0.3) is 16.9 Å². The van der Waals surface area contributed by atoms with Gasteiger partial charge in [0.2, 0.25) is 17.6 Å². The van der Waals surface area contributed by atoms with Crippen molar-refractivity contribution in [1.29, 1.82) is 0 Å². The molecule has 2 aromatic heterocycles. The molecule has 0 spiro atoms. The molecule has 3 amide bonds. The predicted molar refractivity (Wildman–Crippen MR) is 161 cm³/mol. The molecule has 0 radical (unpaired) electrons. The van der Waals surface area contributed by atoms with Crippen LogP contribution in [0, 0.1) is 13.8 Å². The van der Waals surface area contributed by atoms with Crippen LogP contribution in [0.3, 0.4) is 0 Å². The van der Waals surface area contributed by atoms with Crippen LogP contribution in [-0.2, 0) is 28.7 Å². The van der Waals surface area contributed by atoms with Gasteiger partial charge in [-0.05, 0) is 69.7 Å². The molecule has 13 heteroatoms. The molecule has 230 valence electrons. The first kappa shape index (κ1) is 31.7. The molecule has 0 bridgehead atoms. The summed E-state index contributed by atoms with van der Waals surface area (Å²) < 4.78 is 41.6. The number of aromatic nitrogens is 3. The highest BCUT2D eigenvalue weighted by molar-refractivity contribution is 6.04. The summed E-state index contributed by atoms with van der Waals surface area (Å²) in [6, 6.07) is 8.68. The molecule has 10 nitrogen and oxygen atoms in total. The van der Waals surface area contributed by atoms with Gasteiger partial charge in [-0.2, -0.15) is 13.2 Å². The van der Waals surface area contributed by atoms with Crippen molar-refractivity contribution in [3.05, 3.63) is 93.7 Å². The van der Waals surface area contributed by atoms with Crippen LogP contribution in [0.15, 0.2) is 59.9 Å². The number of hydrogen-bond donors (Lipinski definition) is 3. The standard InChI is InChI=1S/C31H31F3N6O4/c1-6-23-27(22-14-9-19(28(43)35-8-3)15-24(22)37-25(41)7-2)29(44)40-18(5)17(4)39(30(40)38-23)16-26(42)36-21-12-10-20(11-13-21)31(32,33)34/h7,9-15H,2,6,8,16H2,1,3-5H3,(H,35,43)(H,36,42)(H,37,41). The van der Waals surface area contributed by atoms with Gasteiger partial charge >= 0.3 is 6.18 Å². The van der Waals surface area contributed by atoms with Crippen molar-refractivity contribution in [1.82, 2.24) is 19.3 Å². The van der Waals surface area contributed by atoms with Crippen LogP contribution in [0.5, 0.6) is 0 Å². The Hall–Kier alpha value is -5.20. The maximum atomic E-state index is 14.1. The largest absolute Gasteiger partial charge is 0.416 e. The number of nitrogens with one attached hydrogen (secondary N) is 3. The minimum Gasteiger partial charge on any atom is -0.352 e. The van der Waals surface area contributed by atoms with E-state index in [-0.39, 0.29) is 40.7 Å². The van der Waals surface area contributed by atoms with Crippen molar-refractivity contribution in [2.24, 2.45) is 0 Å². The van der Waals surface area contributed by atoms with Gasteiger partial charge in [0.1, 0.15) is 6.54 Å². The molecule has 2 heterocycles. The van der Waals surface area contributed by atoms with Gasteiger partial charge in [0, 0.05) is 40.4 Å². The second-order valence-corrected chi connectivity index (χ2v) is 9.92. The lowest BCUT2D eigenvalue weighted by molar-refractivity contribution is -0.137. The highest BCUT2D eigenvalue weighted by atomic mass is 19.4. The van der Waals surface area contributed by atoms with Gasteiger partial charge in [0.15, 0.2) is 0 Å². The van der Waals surface area contributed by atoms with Gasteiger partial charge in [-0.15, -0.1) is 0 Å². The summed E-state index contributed by atoms with van der Waals surface area (Å²) in [7, 11) is 0. The Morgan fingerprint density at radius 2 is 1.68 bits per heavy atom. The average Bonchev–Trinajstić information content (AvgIpc) is 3.21. The first-order valence-electron chi connectivity index (χ1n) is 13.7. The molecule has 2 aromatic carbocycles. The maximum absolute atomic E-state index is 14.1. The second-order valence-electron chi connectivity index (χ2n) is 9.92. The first-order chi connectivity index (χ1) is 20.8. The van der Waals surface area contributed by atoms with Crippen LogP contribution in [0.4, 0.5) is 24.5 Å². The SMILES string of the molecule is C=CC(=O)Nc1cc(C(=O)NCC)ccc1-c1c(CC)nc2n(CC(=O)Nc3ccc(C(F)(F)F)cc3)c(C)c(C)n2c1=O. The van der Waals surface area contributed by atoms with E-state index in [9.17, 15) is 32.3 Å². The third kappa shape index (κ3) is 6.26. The molecule has 3 N–H and O–H groups in total. The zero-order valence-corrected chi connectivity index (χ0v) is 24.6. The van der Waals surface area contributed by atoms with Crippen molar-refractivity contribution in [3.8, 4) is 11.1 Å². The number of fused-ring (bicyclic) bond motifs is 1. The second kappa shape index (κ2) is 12.6. The van der Waals surface area contributed by atoms with Gasteiger partial charge < -0.3 is 20.5 Å². The quantitative estimate of drug-likeness (QED) is 0.234. The van der Waals surface area contributed by atoms with Crippen LogP contribution < -0.4 is 21.5 Å². The fourth-order valence-electron chi connectivity index (χ4n) is 4.80. The van der Waals surface area contributed by atoms with Gasteiger partial charge in [0.25, 0.3) is 11.5 Å². The number of hydrogen-bond acceptors (Lipinski definition) is 5. The summed E-state index contributed by atoms with van der Waals surface area (Å²) in [5, 5.41) is 7.96. The van der Waals surface area contributed by atoms with E-state index < -0.39 is 29.1 Å².